The molecule has 4 heteroatoms. The van der Waals surface area contributed by atoms with Crippen LogP contribution < -0.4 is 0 Å². The van der Waals surface area contributed by atoms with Crippen LogP contribution in [-0.4, -0.2) is 55.0 Å². The Labute approximate surface area is 158 Å². The molecular formula is C21H37NO2Sn. The third kappa shape index (κ3) is 3.97. The average Bonchev–Trinajstić information content (AvgIpc) is 2.85. The van der Waals surface area contributed by atoms with Crippen molar-refractivity contribution < 1.29 is 9.53 Å². The zero-order chi connectivity index (χ0) is 18.2. The van der Waals surface area contributed by atoms with E-state index in [1.54, 1.807) is 7.11 Å². The van der Waals surface area contributed by atoms with Crippen LogP contribution in [0.2, 0.25) is 18.8 Å². The Bertz CT molecular complexity index is 493. The maximum atomic E-state index is 12.7. The van der Waals surface area contributed by atoms with Gasteiger partial charge in [0.1, 0.15) is 0 Å². The predicted octanol–water partition coefficient (Wildman–Crippen LogP) is 4.71. The molecule has 0 amide bonds. The molecule has 2 unspecified atom stereocenters. The van der Waals surface area contributed by atoms with Gasteiger partial charge >= 0.3 is 159 Å². The number of esters is 1. The Morgan fingerprint density at radius 1 is 1.16 bits per heavy atom. The van der Waals surface area contributed by atoms with Crippen molar-refractivity contribution in [2.24, 2.45) is 17.8 Å². The first-order chi connectivity index (χ1) is 11.9. The third-order valence-electron chi connectivity index (χ3n) is 7.53. The van der Waals surface area contributed by atoms with Crippen LogP contribution in [0.25, 0.3) is 0 Å². The Morgan fingerprint density at radius 2 is 1.84 bits per heavy atom. The number of carbonyl (C=O) groups is 1. The van der Waals surface area contributed by atoms with E-state index in [1.165, 1.54) is 38.5 Å². The molecule has 3 nitrogen and oxygen atoms in total. The predicted molar refractivity (Wildman–Crippen MR) is 106 cm³/mol. The third-order valence-corrected chi connectivity index (χ3v) is 16.2. The van der Waals surface area contributed by atoms with Gasteiger partial charge in [0.05, 0.1) is 0 Å². The Morgan fingerprint density at radius 3 is 2.40 bits per heavy atom. The quantitative estimate of drug-likeness (QED) is 0.343. The molecule has 1 saturated carbocycles. The van der Waals surface area contributed by atoms with Gasteiger partial charge in [-0.05, 0) is 0 Å². The Hall–Kier alpha value is -0.0313. The first kappa shape index (κ1) is 19.7. The molecule has 0 N–H and O–H groups in total. The average molecular weight is 454 g/mol. The molecular weight excluding hydrogens is 417 g/mol. The van der Waals surface area contributed by atoms with Crippen LogP contribution in [0.15, 0.2) is 12.7 Å². The summed E-state index contributed by atoms with van der Waals surface area (Å²) in [4.78, 5) is 23.0. The van der Waals surface area contributed by atoms with E-state index in [1.807, 2.05) is 6.08 Å². The van der Waals surface area contributed by atoms with Gasteiger partial charge < -0.3 is 0 Å². The summed E-state index contributed by atoms with van der Waals surface area (Å²) >= 11 is -1.77. The molecule has 2 aliphatic heterocycles. The van der Waals surface area contributed by atoms with Gasteiger partial charge in [0, 0.05) is 0 Å². The number of piperidine rings is 1. The molecule has 3 fully saturated rings. The fraction of sp³-hybridized carbons (Fsp3) is 0.857. The number of fused-ring (bicyclic) bond motifs is 2. The molecule has 2 heterocycles. The minimum atomic E-state index is -1.77. The van der Waals surface area contributed by atoms with Crippen LogP contribution in [0, 0.1) is 17.8 Å². The van der Waals surface area contributed by atoms with Crippen LogP contribution in [0.4, 0.5) is 0 Å². The molecule has 1 aliphatic carbocycles. The summed E-state index contributed by atoms with van der Waals surface area (Å²) in [6, 6.07) is 1.04. The van der Waals surface area contributed by atoms with Crippen molar-refractivity contribution in [3.05, 3.63) is 12.7 Å². The van der Waals surface area contributed by atoms with Gasteiger partial charge in [-0.1, -0.05) is 0 Å². The van der Waals surface area contributed by atoms with E-state index < -0.39 is 18.4 Å². The van der Waals surface area contributed by atoms with Crippen molar-refractivity contribution in [2.45, 2.75) is 75.8 Å². The molecule has 0 aromatic carbocycles. The normalized spacial score (nSPS) is 39.2. The van der Waals surface area contributed by atoms with E-state index in [-0.39, 0.29) is 11.9 Å². The van der Waals surface area contributed by atoms with E-state index >= 15 is 0 Å². The van der Waals surface area contributed by atoms with Gasteiger partial charge in [-0.25, -0.2) is 0 Å². The summed E-state index contributed by atoms with van der Waals surface area (Å²) < 4.78 is 6.32. The monoisotopic (exact) mass is 455 g/mol. The van der Waals surface area contributed by atoms with Gasteiger partial charge in [-0.15, -0.1) is 0 Å². The van der Waals surface area contributed by atoms with Crippen molar-refractivity contribution in [3.8, 4) is 0 Å². The van der Waals surface area contributed by atoms with Crippen LogP contribution >= 0.6 is 0 Å². The van der Waals surface area contributed by atoms with Crippen molar-refractivity contribution in [3.63, 3.8) is 0 Å². The molecule has 142 valence electrons. The topological polar surface area (TPSA) is 29.5 Å². The second kappa shape index (κ2) is 7.92. The van der Waals surface area contributed by atoms with Crippen molar-refractivity contribution in [2.75, 3.05) is 13.7 Å². The number of methoxy groups -OCH3 is 1. The number of ether oxygens (including phenoxy) is 1. The molecule has 0 radical (unpaired) electrons. The summed E-state index contributed by atoms with van der Waals surface area (Å²) in [5, 5.41) is 0. The summed E-state index contributed by atoms with van der Waals surface area (Å²) in [7, 11) is 1.57. The molecule has 3 rings (SSSR count). The Kier molecular flexibility index (Phi) is 6.24. The first-order valence-corrected chi connectivity index (χ1v) is 20.5. The zero-order valence-electron chi connectivity index (χ0n) is 16.7. The maximum absolute atomic E-state index is 12.7. The minimum absolute atomic E-state index is 0.0431. The molecule has 0 aromatic heterocycles. The van der Waals surface area contributed by atoms with Gasteiger partial charge in [0.25, 0.3) is 0 Å². The molecule has 25 heavy (non-hydrogen) atoms. The van der Waals surface area contributed by atoms with E-state index in [0.29, 0.717) is 18.0 Å². The molecule has 0 aromatic rings. The standard InChI is InChI=1S/C18H28NO2.3CH3.Sn/c1-3-11-19-14-9-10-16(19)17(18(20)21-2)15(12-14)13-7-5-4-6-8-13;;;;/h3-4,13-17H,1,5-12H2,2H3;3*1H3;/t14-,15-,16?,17?;;;;/m1..../s1. The van der Waals surface area contributed by atoms with Crippen molar-refractivity contribution >= 4 is 24.3 Å². The van der Waals surface area contributed by atoms with E-state index in [4.69, 9.17) is 4.74 Å². The number of hydrogen-bond donors (Lipinski definition) is 0. The molecule has 4 atom stereocenters. The SMILES string of the molecule is C=CCN1C2CC[C@@H]1C[C@H](C1CC[CH]([Sn]([CH3])([CH3])[CH3])CC1)C2C(=O)OC. The van der Waals surface area contributed by atoms with E-state index in [0.717, 1.165) is 22.8 Å². The molecule has 3 aliphatic rings. The van der Waals surface area contributed by atoms with Crippen LogP contribution in [0.1, 0.15) is 44.9 Å². The summed E-state index contributed by atoms with van der Waals surface area (Å²) in [5.41, 5.74) is 0. The number of hydrogen-bond acceptors (Lipinski definition) is 3. The van der Waals surface area contributed by atoms with Gasteiger partial charge in [0.15, 0.2) is 0 Å². The van der Waals surface area contributed by atoms with E-state index in [9.17, 15) is 4.79 Å². The zero-order valence-corrected chi connectivity index (χ0v) is 19.5. The summed E-state index contributed by atoms with van der Waals surface area (Å²) in [5.74, 6) is 1.41. The molecule has 0 spiro atoms. The fourth-order valence-corrected chi connectivity index (χ4v) is 12.0. The van der Waals surface area contributed by atoms with Crippen molar-refractivity contribution in [1.29, 1.82) is 0 Å². The van der Waals surface area contributed by atoms with Crippen LogP contribution in [0.3, 0.4) is 0 Å². The number of nitrogens with zero attached hydrogens (tertiary/aromatic N) is 1. The van der Waals surface area contributed by atoms with Crippen LogP contribution in [0.5, 0.6) is 0 Å². The second-order valence-electron chi connectivity index (χ2n) is 9.71. The van der Waals surface area contributed by atoms with Crippen molar-refractivity contribution in [1.82, 2.24) is 4.90 Å². The number of carbonyl (C=O) groups excluding carboxylic acids is 1. The summed E-state index contributed by atoms with van der Waals surface area (Å²) in [6.45, 7) is 4.85. The first-order valence-electron chi connectivity index (χ1n) is 10.3. The van der Waals surface area contributed by atoms with Gasteiger partial charge in [0.2, 0.25) is 0 Å². The second-order valence-corrected chi connectivity index (χ2v) is 25.5. The van der Waals surface area contributed by atoms with Gasteiger partial charge in [-0.2, -0.15) is 0 Å². The molecule has 2 saturated heterocycles. The fourth-order valence-electron chi connectivity index (χ4n) is 6.15. The molecule has 2 bridgehead atoms. The van der Waals surface area contributed by atoms with Gasteiger partial charge in [-0.3, -0.25) is 0 Å². The number of rotatable bonds is 5. The van der Waals surface area contributed by atoms with E-state index in [2.05, 4.69) is 26.3 Å². The van der Waals surface area contributed by atoms with Crippen LogP contribution in [-0.2, 0) is 9.53 Å². The Balaban J connectivity index is 1.74. The summed E-state index contributed by atoms with van der Waals surface area (Å²) in [6.07, 6.45) is 11.1.